The molecule has 0 saturated heterocycles. The average Bonchev–Trinajstić information content (AvgIpc) is 3.69. The maximum atomic E-state index is 6.67. The maximum Gasteiger partial charge on any atom is 0.167 e. The fourth-order valence-corrected chi connectivity index (χ4v) is 7.46. The third kappa shape index (κ3) is 4.51. The maximum absolute atomic E-state index is 6.67. The zero-order valence-electron chi connectivity index (χ0n) is 28.2. The largest absolute Gasteiger partial charge is 0.455 e. The van der Waals surface area contributed by atoms with E-state index in [0.717, 1.165) is 44.3 Å². The molecule has 5 nitrogen and oxygen atoms in total. The number of benzene rings is 6. The van der Waals surface area contributed by atoms with E-state index in [1.54, 1.807) is 0 Å². The van der Waals surface area contributed by atoms with Crippen molar-refractivity contribution in [1.82, 2.24) is 19.5 Å². The minimum Gasteiger partial charge on any atom is -0.455 e. The molecule has 0 aliphatic carbocycles. The summed E-state index contributed by atoms with van der Waals surface area (Å²) in [5, 5.41) is 4.54. The van der Waals surface area contributed by atoms with Crippen molar-refractivity contribution in [3.63, 3.8) is 0 Å². The summed E-state index contributed by atoms with van der Waals surface area (Å²) < 4.78 is 9.01. The van der Waals surface area contributed by atoms with Crippen LogP contribution in [0.4, 0.5) is 0 Å². The van der Waals surface area contributed by atoms with Crippen molar-refractivity contribution < 1.29 is 4.42 Å². The first-order chi connectivity index (χ1) is 23.9. The summed E-state index contributed by atoms with van der Waals surface area (Å²) in [6.45, 7) is 0. The van der Waals surface area contributed by atoms with E-state index in [4.69, 9.17) is 19.4 Å². The number of fused-ring (bicyclic) bond motifs is 6. The lowest BCUT2D eigenvalue weighted by atomic mass is 9.60. The number of nitrogens with zero attached hydrogens (tertiary/aromatic N) is 4. The summed E-state index contributed by atoms with van der Waals surface area (Å²) in [6.07, 6.45) is 0. The lowest BCUT2D eigenvalue weighted by Crippen LogP contribution is -2.55. The molecule has 9 rings (SSSR count). The number of para-hydroxylation sites is 3. The van der Waals surface area contributed by atoms with Gasteiger partial charge < -0.3 is 8.98 Å². The standard InChI is InChI=1S/C39H29B5N4O/c40-31-30(32(41)34(43)35(44)33(31)42)39-46-37(20-9-2-1-3-10-20)45-38(47-39)25-14-8-13-24-26-19-21(17-18-29(26)49-36(24)25)48-27-15-6-4-11-22(27)23-12-5-7-16-28(23)48/h1-19H,40-44H2. The summed E-state index contributed by atoms with van der Waals surface area (Å²) in [6, 6.07) is 40.0. The van der Waals surface area contributed by atoms with Gasteiger partial charge in [0.2, 0.25) is 0 Å². The van der Waals surface area contributed by atoms with Crippen molar-refractivity contribution in [3.8, 4) is 39.9 Å². The molecule has 0 aliphatic rings. The quantitative estimate of drug-likeness (QED) is 0.277. The predicted molar refractivity (Wildman–Crippen MR) is 219 cm³/mol. The Balaban J connectivity index is 1.28. The molecule has 9 aromatic rings. The third-order valence-electron chi connectivity index (χ3n) is 10.5. The highest BCUT2D eigenvalue weighted by molar-refractivity contribution is 6.68. The number of hydrogen-bond acceptors (Lipinski definition) is 4. The van der Waals surface area contributed by atoms with E-state index in [-0.39, 0.29) is 0 Å². The highest BCUT2D eigenvalue weighted by Gasteiger charge is 2.21. The van der Waals surface area contributed by atoms with Crippen LogP contribution in [0.25, 0.3) is 83.6 Å². The van der Waals surface area contributed by atoms with Crippen LogP contribution in [-0.4, -0.2) is 58.8 Å². The Kier molecular flexibility index (Phi) is 6.70. The van der Waals surface area contributed by atoms with E-state index >= 15 is 0 Å². The molecule has 6 aromatic carbocycles. The molecule has 0 atom stereocenters. The highest BCUT2D eigenvalue weighted by Crippen LogP contribution is 2.38. The first kappa shape index (κ1) is 29.4. The normalized spacial score (nSPS) is 11.7. The topological polar surface area (TPSA) is 56.7 Å². The fraction of sp³-hybridized carbons (Fsp3) is 0. The summed E-state index contributed by atoms with van der Waals surface area (Å²) in [5.74, 6) is 1.90. The lowest BCUT2D eigenvalue weighted by molar-refractivity contribution is 0.669. The van der Waals surface area contributed by atoms with Gasteiger partial charge in [0.15, 0.2) is 17.5 Å². The molecule has 0 unspecified atom stereocenters. The molecule has 0 amide bonds. The number of furan rings is 1. The van der Waals surface area contributed by atoms with Crippen LogP contribution in [0.5, 0.6) is 0 Å². The van der Waals surface area contributed by atoms with E-state index in [1.165, 1.54) is 49.1 Å². The summed E-state index contributed by atoms with van der Waals surface area (Å²) in [5.41, 5.74) is 14.1. The van der Waals surface area contributed by atoms with Crippen LogP contribution < -0.4 is 27.3 Å². The number of rotatable bonds is 4. The predicted octanol–water partition coefficient (Wildman–Crippen LogP) is 1.16. The molecular weight excluding hydrogens is 595 g/mol. The van der Waals surface area contributed by atoms with Gasteiger partial charge in [0.25, 0.3) is 0 Å². The molecule has 3 aromatic heterocycles. The van der Waals surface area contributed by atoms with Gasteiger partial charge in [0.05, 0.1) is 16.6 Å². The molecule has 0 spiro atoms. The Morgan fingerprint density at radius 1 is 0.469 bits per heavy atom. The van der Waals surface area contributed by atoms with Crippen LogP contribution in [0.3, 0.4) is 0 Å². The Morgan fingerprint density at radius 3 is 1.73 bits per heavy atom. The van der Waals surface area contributed by atoms with Crippen molar-refractivity contribution in [3.05, 3.63) is 115 Å². The van der Waals surface area contributed by atoms with Crippen LogP contribution in [0.2, 0.25) is 0 Å². The molecule has 0 bridgehead atoms. The second kappa shape index (κ2) is 11.2. The third-order valence-corrected chi connectivity index (χ3v) is 10.5. The first-order valence-corrected chi connectivity index (χ1v) is 16.7. The van der Waals surface area contributed by atoms with Gasteiger partial charge in [0, 0.05) is 38.4 Å². The van der Waals surface area contributed by atoms with Crippen LogP contribution in [0.1, 0.15) is 0 Å². The lowest BCUT2D eigenvalue weighted by Gasteiger charge is -2.20. The molecule has 0 radical (unpaired) electrons. The smallest absolute Gasteiger partial charge is 0.167 e. The van der Waals surface area contributed by atoms with Gasteiger partial charge in [-0.25, -0.2) is 15.0 Å². The monoisotopic (exact) mass is 624 g/mol. The number of aromatic nitrogens is 4. The van der Waals surface area contributed by atoms with Gasteiger partial charge in [-0.05, 0) is 36.4 Å². The fourth-order valence-electron chi connectivity index (χ4n) is 7.46. The van der Waals surface area contributed by atoms with Gasteiger partial charge in [-0.15, -0.1) is 16.4 Å². The minimum absolute atomic E-state index is 0.589. The van der Waals surface area contributed by atoms with E-state index in [2.05, 4.69) is 129 Å². The molecule has 3 heterocycles. The summed E-state index contributed by atoms with van der Waals surface area (Å²) >= 11 is 0. The molecule has 226 valence electrons. The van der Waals surface area contributed by atoms with Crippen LogP contribution in [0, 0.1) is 0 Å². The second-order valence-electron chi connectivity index (χ2n) is 13.0. The molecule has 10 heteroatoms. The van der Waals surface area contributed by atoms with Crippen molar-refractivity contribution in [2.75, 3.05) is 0 Å². The Bertz CT molecular complexity index is 2710. The molecule has 0 aliphatic heterocycles. The molecule has 49 heavy (non-hydrogen) atoms. The summed E-state index contributed by atoms with van der Waals surface area (Å²) in [7, 11) is 10.9. The van der Waals surface area contributed by atoms with Crippen molar-refractivity contribution in [2.24, 2.45) is 0 Å². The number of hydrogen-bond donors (Lipinski definition) is 0. The molecule has 0 N–H and O–H groups in total. The van der Waals surface area contributed by atoms with Crippen LogP contribution in [0.15, 0.2) is 120 Å². The minimum atomic E-state index is 0.589. The van der Waals surface area contributed by atoms with Crippen molar-refractivity contribution in [1.29, 1.82) is 0 Å². The van der Waals surface area contributed by atoms with Gasteiger partial charge in [-0.2, -0.15) is 0 Å². The zero-order chi connectivity index (χ0) is 33.4. The average molecular weight is 624 g/mol. The Labute approximate surface area is 288 Å². The Hall–Kier alpha value is -5.75. The second-order valence-corrected chi connectivity index (χ2v) is 13.0. The van der Waals surface area contributed by atoms with Crippen molar-refractivity contribution >= 4 is 110 Å². The van der Waals surface area contributed by atoms with E-state index in [9.17, 15) is 0 Å². The van der Waals surface area contributed by atoms with Crippen molar-refractivity contribution in [2.45, 2.75) is 0 Å². The highest BCUT2D eigenvalue weighted by atomic mass is 16.3. The summed E-state index contributed by atoms with van der Waals surface area (Å²) in [4.78, 5) is 15.4. The molecule has 0 saturated carbocycles. The van der Waals surface area contributed by atoms with Gasteiger partial charge in [0.1, 0.15) is 50.4 Å². The van der Waals surface area contributed by atoms with Gasteiger partial charge in [-0.1, -0.05) is 89.8 Å². The van der Waals surface area contributed by atoms with Gasteiger partial charge in [-0.3, -0.25) is 0 Å². The van der Waals surface area contributed by atoms with E-state index in [0.29, 0.717) is 17.5 Å². The first-order valence-electron chi connectivity index (χ1n) is 16.7. The Morgan fingerprint density at radius 2 is 1.04 bits per heavy atom. The van der Waals surface area contributed by atoms with Gasteiger partial charge >= 0.3 is 0 Å². The molecular formula is C39H29B5N4O. The van der Waals surface area contributed by atoms with E-state index in [1.807, 2.05) is 30.3 Å². The zero-order valence-corrected chi connectivity index (χ0v) is 28.2. The SMILES string of the molecule is Bc1c(B)c(B)c(-c2nc(-c3ccccc3)nc(-c3cccc4c3oc3ccc(-n5c6ccccc6c6ccccc65)cc34)n2)c(B)c1B. The molecule has 0 fully saturated rings. The van der Waals surface area contributed by atoms with Crippen LogP contribution in [-0.2, 0) is 0 Å². The van der Waals surface area contributed by atoms with Crippen LogP contribution >= 0.6 is 0 Å². The van der Waals surface area contributed by atoms with E-state index < -0.39 is 0 Å².